The average molecular weight is 522 g/mol. The lowest BCUT2D eigenvalue weighted by atomic mass is 10.0. The lowest BCUT2D eigenvalue weighted by Gasteiger charge is -2.10. The SMILES string of the molecule is COC(=O)c1cc(NC(=O)CCCc2c(-c3ccc4ccccc4n3)[nH]c3ccccc23)cc(C(=O)OC)c1. The van der Waals surface area contributed by atoms with E-state index in [2.05, 4.69) is 22.4 Å². The van der Waals surface area contributed by atoms with Gasteiger partial charge in [-0.15, -0.1) is 0 Å². The first-order chi connectivity index (χ1) is 19.0. The molecule has 0 aliphatic carbocycles. The summed E-state index contributed by atoms with van der Waals surface area (Å²) in [6.45, 7) is 0. The van der Waals surface area contributed by atoms with Crippen molar-refractivity contribution in [2.75, 3.05) is 19.5 Å². The molecule has 3 aromatic carbocycles. The summed E-state index contributed by atoms with van der Waals surface area (Å²) in [6.07, 6.45) is 1.46. The second-order valence-corrected chi connectivity index (χ2v) is 9.10. The number of aromatic nitrogens is 2. The third-order valence-corrected chi connectivity index (χ3v) is 6.56. The van der Waals surface area contributed by atoms with Gasteiger partial charge < -0.3 is 19.8 Å². The smallest absolute Gasteiger partial charge is 0.337 e. The van der Waals surface area contributed by atoms with E-state index in [-0.39, 0.29) is 23.5 Å². The van der Waals surface area contributed by atoms with E-state index in [1.807, 2.05) is 48.5 Å². The number of nitrogens with one attached hydrogen (secondary N) is 2. The minimum Gasteiger partial charge on any atom is -0.465 e. The summed E-state index contributed by atoms with van der Waals surface area (Å²) in [7, 11) is 2.50. The van der Waals surface area contributed by atoms with Gasteiger partial charge in [-0.05, 0) is 54.8 Å². The van der Waals surface area contributed by atoms with E-state index >= 15 is 0 Å². The molecule has 5 aromatic rings. The zero-order valence-corrected chi connectivity index (χ0v) is 21.6. The van der Waals surface area contributed by atoms with Crippen LogP contribution in [0.2, 0.25) is 0 Å². The van der Waals surface area contributed by atoms with E-state index in [1.54, 1.807) is 0 Å². The van der Waals surface area contributed by atoms with E-state index in [4.69, 9.17) is 14.5 Å². The highest BCUT2D eigenvalue weighted by Crippen LogP contribution is 2.31. The lowest BCUT2D eigenvalue weighted by Crippen LogP contribution is -2.14. The van der Waals surface area contributed by atoms with Crippen LogP contribution in [0, 0.1) is 0 Å². The van der Waals surface area contributed by atoms with Gasteiger partial charge in [0.25, 0.3) is 0 Å². The number of rotatable bonds is 8. The molecular weight excluding hydrogens is 494 g/mol. The highest BCUT2D eigenvalue weighted by Gasteiger charge is 2.17. The summed E-state index contributed by atoms with van der Waals surface area (Å²) >= 11 is 0. The van der Waals surface area contributed by atoms with Gasteiger partial charge in [0.2, 0.25) is 5.91 Å². The van der Waals surface area contributed by atoms with Gasteiger partial charge in [-0.25, -0.2) is 14.6 Å². The molecule has 0 saturated carbocycles. The van der Waals surface area contributed by atoms with Crippen LogP contribution in [0.25, 0.3) is 33.2 Å². The van der Waals surface area contributed by atoms with Crippen molar-refractivity contribution in [2.45, 2.75) is 19.3 Å². The molecule has 1 amide bonds. The number of hydrogen-bond donors (Lipinski definition) is 2. The molecular formula is C31H27N3O5. The zero-order valence-electron chi connectivity index (χ0n) is 21.6. The number of esters is 2. The van der Waals surface area contributed by atoms with Gasteiger partial charge >= 0.3 is 11.9 Å². The van der Waals surface area contributed by atoms with Crippen LogP contribution >= 0.6 is 0 Å². The van der Waals surface area contributed by atoms with Crippen LogP contribution in [0.3, 0.4) is 0 Å². The number of para-hydroxylation sites is 2. The summed E-state index contributed by atoms with van der Waals surface area (Å²) in [6, 6.07) is 24.5. The van der Waals surface area contributed by atoms with Crippen molar-refractivity contribution >= 4 is 45.3 Å². The number of H-pyrrole nitrogens is 1. The van der Waals surface area contributed by atoms with Crippen molar-refractivity contribution in [3.8, 4) is 11.4 Å². The number of benzene rings is 3. The summed E-state index contributed by atoms with van der Waals surface area (Å²) in [5.41, 5.74) is 5.41. The van der Waals surface area contributed by atoms with Gasteiger partial charge in [0, 0.05) is 28.4 Å². The standard InChI is InChI=1S/C31H27N3O5/c1-38-30(36)20-16-21(31(37)39-2)18-22(17-20)32-28(35)13-7-10-24-23-9-4-6-12-26(23)34-29(24)27-15-14-19-8-3-5-11-25(19)33-27/h3-6,8-9,11-12,14-18,34H,7,10,13H2,1-2H3,(H,32,35). The van der Waals surface area contributed by atoms with Crippen LogP contribution in [0.4, 0.5) is 5.69 Å². The van der Waals surface area contributed by atoms with Crippen LogP contribution in [-0.4, -0.2) is 42.0 Å². The number of nitrogens with zero attached hydrogens (tertiary/aromatic N) is 1. The Hall–Kier alpha value is -4.98. The Balaban J connectivity index is 1.35. The number of aryl methyl sites for hydroxylation is 1. The number of methoxy groups -OCH3 is 2. The first-order valence-corrected chi connectivity index (χ1v) is 12.5. The lowest BCUT2D eigenvalue weighted by molar-refractivity contribution is -0.116. The molecule has 2 N–H and O–H groups in total. The number of ether oxygens (including phenoxy) is 2. The molecule has 0 atom stereocenters. The van der Waals surface area contributed by atoms with Crippen molar-refractivity contribution in [1.82, 2.24) is 9.97 Å². The molecule has 196 valence electrons. The fourth-order valence-corrected chi connectivity index (χ4v) is 4.70. The first-order valence-electron chi connectivity index (χ1n) is 12.5. The number of aromatic amines is 1. The van der Waals surface area contributed by atoms with Gasteiger partial charge in [0.15, 0.2) is 0 Å². The van der Waals surface area contributed by atoms with Crippen molar-refractivity contribution in [2.24, 2.45) is 0 Å². The highest BCUT2D eigenvalue weighted by atomic mass is 16.5. The maximum atomic E-state index is 12.8. The Morgan fingerprint density at radius 3 is 2.28 bits per heavy atom. The molecule has 0 fully saturated rings. The molecule has 0 spiro atoms. The van der Waals surface area contributed by atoms with E-state index in [0.29, 0.717) is 18.5 Å². The monoisotopic (exact) mass is 521 g/mol. The minimum atomic E-state index is -0.620. The molecule has 5 rings (SSSR count). The zero-order chi connectivity index (χ0) is 27.4. The summed E-state index contributed by atoms with van der Waals surface area (Å²) < 4.78 is 9.53. The second-order valence-electron chi connectivity index (χ2n) is 9.10. The Bertz CT molecular complexity index is 1670. The largest absolute Gasteiger partial charge is 0.465 e. The molecule has 0 unspecified atom stereocenters. The normalized spacial score (nSPS) is 10.9. The summed E-state index contributed by atoms with van der Waals surface area (Å²) in [5, 5.41) is 4.96. The van der Waals surface area contributed by atoms with Crippen LogP contribution in [0.15, 0.2) is 78.9 Å². The van der Waals surface area contributed by atoms with E-state index in [0.717, 1.165) is 38.8 Å². The third-order valence-electron chi connectivity index (χ3n) is 6.56. The number of carbonyl (C=O) groups is 3. The number of hydrogen-bond acceptors (Lipinski definition) is 6. The molecule has 8 nitrogen and oxygen atoms in total. The number of pyridine rings is 1. The number of carbonyl (C=O) groups excluding carboxylic acids is 3. The van der Waals surface area contributed by atoms with Gasteiger partial charge in [-0.2, -0.15) is 0 Å². The van der Waals surface area contributed by atoms with Gasteiger partial charge in [-0.3, -0.25) is 4.79 Å². The van der Waals surface area contributed by atoms with E-state index < -0.39 is 11.9 Å². The molecule has 0 radical (unpaired) electrons. The Morgan fingerprint density at radius 1 is 0.846 bits per heavy atom. The molecule has 0 saturated heterocycles. The maximum absolute atomic E-state index is 12.8. The second kappa shape index (κ2) is 11.2. The topological polar surface area (TPSA) is 110 Å². The molecule has 39 heavy (non-hydrogen) atoms. The fourth-order valence-electron chi connectivity index (χ4n) is 4.70. The molecule has 0 aliphatic heterocycles. The number of fused-ring (bicyclic) bond motifs is 2. The van der Waals surface area contributed by atoms with Gasteiger partial charge in [0.05, 0.1) is 42.3 Å². The van der Waals surface area contributed by atoms with Gasteiger partial charge in [-0.1, -0.05) is 42.5 Å². The minimum absolute atomic E-state index is 0.141. The highest BCUT2D eigenvalue weighted by molar-refractivity contribution is 5.99. The fraction of sp³-hybridized carbons (Fsp3) is 0.161. The van der Waals surface area contributed by atoms with Crippen molar-refractivity contribution < 1.29 is 23.9 Å². The number of amides is 1. The Morgan fingerprint density at radius 2 is 1.54 bits per heavy atom. The predicted molar refractivity (Wildman–Crippen MR) is 150 cm³/mol. The van der Waals surface area contributed by atoms with Crippen molar-refractivity contribution in [1.29, 1.82) is 0 Å². The number of anilines is 1. The molecule has 2 heterocycles. The average Bonchev–Trinajstić information content (AvgIpc) is 3.34. The molecule has 0 bridgehead atoms. The van der Waals surface area contributed by atoms with Crippen molar-refractivity contribution in [3.63, 3.8) is 0 Å². The molecule has 8 heteroatoms. The van der Waals surface area contributed by atoms with E-state index in [9.17, 15) is 14.4 Å². The molecule has 2 aromatic heterocycles. The summed E-state index contributed by atoms with van der Waals surface area (Å²) in [4.78, 5) is 45.3. The maximum Gasteiger partial charge on any atom is 0.337 e. The Kier molecular flexibility index (Phi) is 7.36. The Labute approximate surface area is 225 Å². The predicted octanol–water partition coefficient (Wildman–Crippen LogP) is 5.92. The van der Waals surface area contributed by atoms with Crippen LogP contribution in [-0.2, 0) is 20.7 Å². The van der Waals surface area contributed by atoms with E-state index in [1.165, 1.54) is 32.4 Å². The van der Waals surface area contributed by atoms with Crippen LogP contribution in [0.1, 0.15) is 39.1 Å². The quantitative estimate of drug-likeness (QED) is 0.245. The first kappa shape index (κ1) is 25.7. The molecule has 0 aliphatic rings. The summed E-state index contributed by atoms with van der Waals surface area (Å²) in [5.74, 6) is -1.48. The van der Waals surface area contributed by atoms with Crippen LogP contribution < -0.4 is 5.32 Å². The van der Waals surface area contributed by atoms with Crippen molar-refractivity contribution in [3.05, 3.63) is 95.6 Å². The van der Waals surface area contributed by atoms with Gasteiger partial charge in [0.1, 0.15) is 0 Å². The third kappa shape index (κ3) is 5.50. The van der Waals surface area contributed by atoms with Crippen LogP contribution in [0.5, 0.6) is 0 Å².